The van der Waals surface area contributed by atoms with Crippen LogP contribution in [0.2, 0.25) is 0 Å². The Morgan fingerprint density at radius 1 is 1.29 bits per heavy atom. The smallest absolute Gasteiger partial charge is 0.273 e. The van der Waals surface area contributed by atoms with E-state index >= 15 is 0 Å². The van der Waals surface area contributed by atoms with Crippen LogP contribution >= 0.6 is 0 Å². The summed E-state index contributed by atoms with van der Waals surface area (Å²) < 4.78 is 10.8. The summed E-state index contributed by atoms with van der Waals surface area (Å²) in [6, 6.07) is 1.75. The van der Waals surface area contributed by atoms with E-state index < -0.39 is 0 Å². The first-order valence-corrected chi connectivity index (χ1v) is 9.18. The van der Waals surface area contributed by atoms with Gasteiger partial charge in [-0.2, -0.15) is 0 Å². The van der Waals surface area contributed by atoms with Gasteiger partial charge in [-0.3, -0.25) is 9.69 Å². The highest BCUT2D eigenvalue weighted by Crippen LogP contribution is 2.30. The molecule has 1 aromatic rings. The predicted molar refractivity (Wildman–Crippen MR) is 91.1 cm³/mol. The number of amides is 1. The van der Waals surface area contributed by atoms with E-state index in [0.717, 1.165) is 44.9 Å². The number of ether oxygens (including phenoxy) is 1. The quantitative estimate of drug-likeness (QED) is 0.896. The summed E-state index contributed by atoms with van der Waals surface area (Å²) in [6.07, 6.45) is 5.76. The fourth-order valence-corrected chi connectivity index (χ4v) is 3.73. The Morgan fingerprint density at radius 3 is 2.62 bits per heavy atom. The minimum atomic E-state index is -0.145. The maximum atomic E-state index is 12.5. The molecule has 3 rings (SSSR count). The first-order valence-electron chi connectivity index (χ1n) is 9.18. The number of rotatable bonds is 5. The van der Waals surface area contributed by atoms with Crippen LogP contribution < -0.4 is 5.32 Å². The summed E-state index contributed by atoms with van der Waals surface area (Å²) in [5.74, 6) is 0.833. The molecule has 2 fully saturated rings. The molecule has 0 bridgehead atoms. The van der Waals surface area contributed by atoms with E-state index in [1.807, 2.05) is 13.8 Å². The maximum absolute atomic E-state index is 12.5. The molecule has 2 aliphatic heterocycles. The van der Waals surface area contributed by atoms with Gasteiger partial charge in [0, 0.05) is 37.3 Å². The van der Waals surface area contributed by atoms with Crippen molar-refractivity contribution >= 4 is 5.91 Å². The number of likely N-dealkylation sites (tertiary alicyclic amines) is 1. The molecule has 0 atom stereocenters. The first-order chi connectivity index (χ1) is 11.6. The third-order valence-electron chi connectivity index (χ3n) is 5.36. The Kier molecular flexibility index (Phi) is 5.56. The van der Waals surface area contributed by atoms with E-state index in [2.05, 4.69) is 15.4 Å². The van der Waals surface area contributed by atoms with Gasteiger partial charge in [0.25, 0.3) is 5.91 Å². The number of aromatic nitrogens is 1. The highest BCUT2D eigenvalue weighted by molar-refractivity contribution is 5.92. The van der Waals surface area contributed by atoms with Crippen LogP contribution in [-0.2, 0) is 4.74 Å². The van der Waals surface area contributed by atoms with Crippen molar-refractivity contribution in [2.75, 3.05) is 32.8 Å². The molecule has 0 aliphatic carbocycles. The van der Waals surface area contributed by atoms with Crippen molar-refractivity contribution in [3.8, 4) is 0 Å². The van der Waals surface area contributed by atoms with Gasteiger partial charge in [-0.25, -0.2) is 0 Å². The van der Waals surface area contributed by atoms with E-state index in [9.17, 15) is 4.79 Å². The number of nitrogens with one attached hydrogen (secondary N) is 1. The zero-order chi connectivity index (χ0) is 17.0. The lowest BCUT2D eigenvalue weighted by Crippen LogP contribution is -2.59. The highest BCUT2D eigenvalue weighted by Gasteiger charge is 2.39. The SMILES string of the molecule is CC(C)c1cc(C(=O)NCC2(N3CCCCC3)CCOCC2)no1. The lowest BCUT2D eigenvalue weighted by molar-refractivity contribution is -0.0349. The zero-order valence-corrected chi connectivity index (χ0v) is 14.8. The van der Waals surface area contributed by atoms with Crippen LogP contribution in [-0.4, -0.2) is 54.4 Å². The van der Waals surface area contributed by atoms with E-state index in [1.165, 1.54) is 19.3 Å². The maximum Gasteiger partial charge on any atom is 0.273 e. The largest absolute Gasteiger partial charge is 0.381 e. The molecule has 0 saturated carbocycles. The zero-order valence-electron chi connectivity index (χ0n) is 14.8. The molecule has 3 heterocycles. The van der Waals surface area contributed by atoms with Gasteiger partial charge in [-0.05, 0) is 38.8 Å². The molecule has 0 spiro atoms. The Bertz CT molecular complexity index is 543. The summed E-state index contributed by atoms with van der Waals surface area (Å²) in [4.78, 5) is 15.0. The molecule has 0 radical (unpaired) electrons. The molecule has 2 aliphatic rings. The second kappa shape index (κ2) is 7.66. The summed E-state index contributed by atoms with van der Waals surface area (Å²) in [6.45, 7) is 8.49. The van der Waals surface area contributed by atoms with Crippen molar-refractivity contribution in [1.29, 1.82) is 0 Å². The van der Waals surface area contributed by atoms with E-state index in [1.54, 1.807) is 6.07 Å². The Balaban J connectivity index is 1.65. The topological polar surface area (TPSA) is 67.6 Å². The molecule has 134 valence electrons. The van der Waals surface area contributed by atoms with E-state index in [-0.39, 0.29) is 17.4 Å². The molecule has 24 heavy (non-hydrogen) atoms. The van der Waals surface area contributed by atoms with Gasteiger partial charge in [-0.1, -0.05) is 25.4 Å². The fourth-order valence-electron chi connectivity index (χ4n) is 3.73. The van der Waals surface area contributed by atoms with Gasteiger partial charge >= 0.3 is 0 Å². The third-order valence-corrected chi connectivity index (χ3v) is 5.36. The molecule has 1 N–H and O–H groups in total. The summed E-state index contributed by atoms with van der Waals surface area (Å²) >= 11 is 0. The van der Waals surface area contributed by atoms with Crippen LogP contribution in [0.5, 0.6) is 0 Å². The molecule has 0 aromatic carbocycles. The van der Waals surface area contributed by atoms with Crippen LogP contribution in [0.15, 0.2) is 10.6 Å². The number of carbonyl (C=O) groups is 1. The molecule has 0 unspecified atom stereocenters. The average Bonchev–Trinajstić information content (AvgIpc) is 3.12. The third kappa shape index (κ3) is 3.81. The molecule has 6 heteroatoms. The Labute approximate surface area is 143 Å². The van der Waals surface area contributed by atoms with Crippen LogP contribution in [0, 0.1) is 0 Å². The second-order valence-corrected chi connectivity index (χ2v) is 7.34. The average molecular weight is 335 g/mol. The lowest BCUT2D eigenvalue weighted by atomic mass is 9.86. The van der Waals surface area contributed by atoms with Gasteiger partial charge in [0.2, 0.25) is 0 Å². The van der Waals surface area contributed by atoms with Crippen LogP contribution in [0.1, 0.15) is 68.1 Å². The van der Waals surface area contributed by atoms with Crippen molar-refractivity contribution in [2.24, 2.45) is 0 Å². The minimum absolute atomic E-state index is 0.0267. The van der Waals surface area contributed by atoms with Gasteiger partial charge in [0.1, 0.15) is 5.76 Å². The number of hydrogen-bond acceptors (Lipinski definition) is 5. The van der Waals surface area contributed by atoms with Crippen molar-refractivity contribution in [1.82, 2.24) is 15.4 Å². The van der Waals surface area contributed by atoms with Gasteiger partial charge in [0.15, 0.2) is 5.69 Å². The van der Waals surface area contributed by atoms with Gasteiger partial charge in [0.05, 0.1) is 0 Å². The van der Waals surface area contributed by atoms with E-state index in [4.69, 9.17) is 9.26 Å². The molecule has 1 amide bonds. The number of piperidine rings is 1. The Hall–Kier alpha value is -1.40. The monoisotopic (exact) mass is 335 g/mol. The van der Waals surface area contributed by atoms with Gasteiger partial charge < -0.3 is 14.6 Å². The van der Waals surface area contributed by atoms with Gasteiger partial charge in [-0.15, -0.1) is 0 Å². The van der Waals surface area contributed by atoms with Crippen molar-refractivity contribution < 1.29 is 14.1 Å². The molecule has 2 saturated heterocycles. The minimum Gasteiger partial charge on any atom is -0.381 e. The predicted octanol–water partition coefficient (Wildman–Crippen LogP) is 2.56. The molecule has 6 nitrogen and oxygen atoms in total. The van der Waals surface area contributed by atoms with Crippen LogP contribution in [0.3, 0.4) is 0 Å². The molecule has 1 aromatic heterocycles. The number of nitrogens with zero attached hydrogens (tertiary/aromatic N) is 2. The second-order valence-electron chi connectivity index (χ2n) is 7.34. The van der Waals surface area contributed by atoms with Crippen molar-refractivity contribution in [2.45, 2.75) is 57.4 Å². The molecular formula is C18H29N3O3. The summed E-state index contributed by atoms with van der Waals surface area (Å²) in [7, 11) is 0. The number of carbonyl (C=O) groups excluding carboxylic acids is 1. The first kappa shape index (κ1) is 17.4. The molecular weight excluding hydrogens is 306 g/mol. The van der Waals surface area contributed by atoms with Crippen LogP contribution in [0.4, 0.5) is 0 Å². The lowest BCUT2D eigenvalue weighted by Gasteiger charge is -2.48. The Morgan fingerprint density at radius 2 is 2.00 bits per heavy atom. The van der Waals surface area contributed by atoms with E-state index in [0.29, 0.717) is 12.2 Å². The van der Waals surface area contributed by atoms with Crippen LogP contribution in [0.25, 0.3) is 0 Å². The van der Waals surface area contributed by atoms with Crippen molar-refractivity contribution in [3.63, 3.8) is 0 Å². The number of hydrogen-bond donors (Lipinski definition) is 1. The normalized spacial score (nSPS) is 21.8. The summed E-state index contributed by atoms with van der Waals surface area (Å²) in [5, 5.41) is 7.01. The standard InChI is InChI=1S/C18H29N3O3/c1-14(2)16-12-15(20-24-16)17(22)19-13-18(6-10-23-11-7-18)21-8-4-3-5-9-21/h12,14H,3-11,13H2,1-2H3,(H,19,22). The highest BCUT2D eigenvalue weighted by atomic mass is 16.5. The van der Waals surface area contributed by atoms with Crippen molar-refractivity contribution in [3.05, 3.63) is 17.5 Å². The fraction of sp³-hybridized carbons (Fsp3) is 0.778. The summed E-state index contributed by atoms with van der Waals surface area (Å²) in [5.41, 5.74) is 0.401.